The average molecular weight is 258 g/mol. The molecule has 0 aromatic heterocycles. The molecule has 1 rings (SSSR count). The van der Waals surface area contributed by atoms with Crippen LogP contribution in [0.15, 0.2) is 18.2 Å². The summed E-state index contributed by atoms with van der Waals surface area (Å²) in [4.78, 5) is 0. The summed E-state index contributed by atoms with van der Waals surface area (Å²) < 4.78 is 0. The largest absolute Gasteiger partial charge is 0.0870 e. The SMILES string of the molecule is C/C=C/c1c(C(C)C)cc(C(C)C)cc1C(C)CC. The van der Waals surface area contributed by atoms with Crippen LogP contribution >= 0.6 is 0 Å². The zero-order valence-corrected chi connectivity index (χ0v) is 13.7. The van der Waals surface area contributed by atoms with Crippen LogP contribution in [0, 0.1) is 0 Å². The average Bonchev–Trinajstić information content (AvgIpc) is 2.37. The Hall–Kier alpha value is -1.04. The first-order valence-electron chi connectivity index (χ1n) is 7.72. The van der Waals surface area contributed by atoms with Crippen molar-refractivity contribution in [3.05, 3.63) is 40.5 Å². The number of benzene rings is 1. The van der Waals surface area contributed by atoms with Crippen molar-refractivity contribution in [2.45, 2.75) is 72.6 Å². The van der Waals surface area contributed by atoms with Crippen molar-refractivity contribution in [2.24, 2.45) is 0 Å². The fourth-order valence-corrected chi connectivity index (χ4v) is 2.52. The first-order valence-corrected chi connectivity index (χ1v) is 7.72. The second-order valence-electron chi connectivity index (χ2n) is 6.23. The summed E-state index contributed by atoms with van der Waals surface area (Å²) in [7, 11) is 0. The van der Waals surface area contributed by atoms with Crippen LogP contribution in [-0.2, 0) is 0 Å². The molecule has 19 heavy (non-hydrogen) atoms. The standard InChI is InChI=1S/C19H30/c1-8-10-17-18(14(5)6)11-16(13(3)4)12-19(17)15(7)9-2/h8,10-15H,9H2,1-7H3/b10-8+. The number of rotatable bonds is 5. The molecule has 0 heterocycles. The van der Waals surface area contributed by atoms with Gasteiger partial charge in [-0.3, -0.25) is 0 Å². The maximum atomic E-state index is 2.43. The molecule has 0 heteroatoms. The monoisotopic (exact) mass is 258 g/mol. The molecular formula is C19H30. The molecule has 0 aliphatic carbocycles. The van der Waals surface area contributed by atoms with Gasteiger partial charge < -0.3 is 0 Å². The van der Waals surface area contributed by atoms with Gasteiger partial charge in [-0.2, -0.15) is 0 Å². The Bertz CT molecular complexity index is 436. The lowest BCUT2D eigenvalue weighted by molar-refractivity contribution is 0.721. The summed E-state index contributed by atoms with van der Waals surface area (Å²) in [5.41, 5.74) is 5.96. The molecule has 106 valence electrons. The topological polar surface area (TPSA) is 0 Å². The fraction of sp³-hybridized carbons (Fsp3) is 0.579. The minimum absolute atomic E-state index is 0.577. The Morgan fingerprint density at radius 3 is 1.95 bits per heavy atom. The van der Waals surface area contributed by atoms with Gasteiger partial charge in [-0.05, 0) is 53.4 Å². The summed E-state index contributed by atoms with van der Waals surface area (Å²) in [6, 6.07) is 4.84. The van der Waals surface area contributed by atoms with Gasteiger partial charge in [-0.25, -0.2) is 0 Å². The maximum Gasteiger partial charge on any atom is -0.0187 e. The zero-order valence-electron chi connectivity index (χ0n) is 13.7. The second-order valence-corrected chi connectivity index (χ2v) is 6.23. The molecule has 0 nitrogen and oxygen atoms in total. The first-order chi connectivity index (χ1) is 8.92. The molecule has 0 radical (unpaired) electrons. The summed E-state index contributed by atoms with van der Waals surface area (Å²) in [6.45, 7) is 15.9. The quantitative estimate of drug-likeness (QED) is 0.567. The predicted molar refractivity (Wildman–Crippen MR) is 88.0 cm³/mol. The van der Waals surface area contributed by atoms with Crippen LogP contribution in [0.25, 0.3) is 6.08 Å². The van der Waals surface area contributed by atoms with Crippen molar-refractivity contribution >= 4 is 6.08 Å². The Morgan fingerprint density at radius 1 is 0.947 bits per heavy atom. The highest BCUT2D eigenvalue weighted by Crippen LogP contribution is 2.34. The summed E-state index contributed by atoms with van der Waals surface area (Å²) in [6.07, 6.45) is 5.66. The number of hydrogen-bond acceptors (Lipinski definition) is 0. The van der Waals surface area contributed by atoms with E-state index in [4.69, 9.17) is 0 Å². The van der Waals surface area contributed by atoms with Gasteiger partial charge in [0.05, 0.1) is 0 Å². The Morgan fingerprint density at radius 2 is 1.53 bits per heavy atom. The van der Waals surface area contributed by atoms with E-state index in [0.717, 1.165) is 0 Å². The van der Waals surface area contributed by atoms with Gasteiger partial charge in [0.2, 0.25) is 0 Å². The Labute approximate surface area is 119 Å². The third-order valence-electron chi connectivity index (χ3n) is 4.03. The summed E-state index contributed by atoms with van der Waals surface area (Å²) in [5, 5.41) is 0. The summed E-state index contributed by atoms with van der Waals surface area (Å²) in [5.74, 6) is 1.80. The van der Waals surface area contributed by atoms with E-state index in [1.165, 1.54) is 28.7 Å². The second kappa shape index (κ2) is 6.93. The van der Waals surface area contributed by atoms with Crippen molar-refractivity contribution in [1.29, 1.82) is 0 Å². The molecule has 0 saturated carbocycles. The van der Waals surface area contributed by atoms with Crippen molar-refractivity contribution < 1.29 is 0 Å². The molecule has 1 atom stereocenters. The van der Waals surface area contributed by atoms with Crippen molar-refractivity contribution in [3.63, 3.8) is 0 Å². The predicted octanol–water partition coefficient (Wildman–Crippen LogP) is 6.48. The van der Waals surface area contributed by atoms with Gasteiger partial charge in [0.15, 0.2) is 0 Å². The normalized spacial score (nSPS) is 13.7. The lowest BCUT2D eigenvalue weighted by Crippen LogP contribution is -2.04. The van der Waals surface area contributed by atoms with Gasteiger partial charge in [0, 0.05) is 0 Å². The van der Waals surface area contributed by atoms with E-state index < -0.39 is 0 Å². The smallest absolute Gasteiger partial charge is 0.0187 e. The minimum Gasteiger partial charge on any atom is -0.0870 e. The van der Waals surface area contributed by atoms with Crippen molar-refractivity contribution in [3.8, 4) is 0 Å². The molecule has 0 aliphatic heterocycles. The van der Waals surface area contributed by atoms with Gasteiger partial charge in [-0.1, -0.05) is 65.8 Å². The maximum absolute atomic E-state index is 2.43. The summed E-state index contributed by atoms with van der Waals surface area (Å²) >= 11 is 0. The Kier molecular flexibility index (Phi) is 5.85. The van der Waals surface area contributed by atoms with Gasteiger partial charge >= 0.3 is 0 Å². The molecular weight excluding hydrogens is 228 g/mol. The van der Waals surface area contributed by atoms with Crippen molar-refractivity contribution in [2.75, 3.05) is 0 Å². The van der Waals surface area contributed by atoms with Gasteiger partial charge in [0.25, 0.3) is 0 Å². The van der Waals surface area contributed by atoms with Crippen LogP contribution in [0.3, 0.4) is 0 Å². The highest BCUT2D eigenvalue weighted by molar-refractivity contribution is 5.61. The molecule has 0 N–H and O–H groups in total. The third kappa shape index (κ3) is 3.72. The molecule has 0 saturated heterocycles. The van der Waals surface area contributed by atoms with E-state index in [1.807, 2.05) is 0 Å². The number of allylic oxidation sites excluding steroid dienone is 1. The lowest BCUT2D eigenvalue weighted by Gasteiger charge is -2.22. The van der Waals surface area contributed by atoms with E-state index in [0.29, 0.717) is 17.8 Å². The molecule has 1 aromatic rings. The minimum atomic E-state index is 0.577. The van der Waals surface area contributed by atoms with E-state index in [1.54, 1.807) is 0 Å². The van der Waals surface area contributed by atoms with E-state index in [2.05, 4.69) is 72.8 Å². The van der Waals surface area contributed by atoms with Crippen LogP contribution in [0.2, 0.25) is 0 Å². The number of hydrogen-bond donors (Lipinski definition) is 0. The van der Waals surface area contributed by atoms with E-state index in [-0.39, 0.29) is 0 Å². The molecule has 0 bridgehead atoms. The molecule has 0 amide bonds. The first kappa shape index (κ1) is 16.0. The molecule has 0 fully saturated rings. The van der Waals surface area contributed by atoms with Crippen molar-refractivity contribution in [1.82, 2.24) is 0 Å². The molecule has 1 unspecified atom stereocenters. The van der Waals surface area contributed by atoms with Crippen LogP contribution < -0.4 is 0 Å². The van der Waals surface area contributed by atoms with E-state index in [9.17, 15) is 0 Å². The van der Waals surface area contributed by atoms with E-state index >= 15 is 0 Å². The van der Waals surface area contributed by atoms with Crippen LogP contribution in [-0.4, -0.2) is 0 Å². The highest BCUT2D eigenvalue weighted by atomic mass is 14.2. The van der Waals surface area contributed by atoms with Crippen LogP contribution in [0.5, 0.6) is 0 Å². The lowest BCUT2D eigenvalue weighted by atomic mass is 9.83. The van der Waals surface area contributed by atoms with Gasteiger partial charge in [-0.15, -0.1) is 0 Å². The van der Waals surface area contributed by atoms with Gasteiger partial charge in [0.1, 0.15) is 0 Å². The molecule has 1 aromatic carbocycles. The molecule has 0 aliphatic rings. The zero-order chi connectivity index (χ0) is 14.6. The van der Waals surface area contributed by atoms with Crippen LogP contribution in [0.1, 0.15) is 94.9 Å². The Balaban J connectivity index is 3.55. The third-order valence-corrected chi connectivity index (χ3v) is 4.03. The fourth-order valence-electron chi connectivity index (χ4n) is 2.52. The van der Waals surface area contributed by atoms with Crippen LogP contribution in [0.4, 0.5) is 0 Å². The molecule has 0 spiro atoms. The highest BCUT2D eigenvalue weighted by Gasteiger charge is 2.16.